The number of nitrogens with one attached hydrogen (secondary N) is 1. The van der Waals surface area contributed by atoms with E-state index in [2.05, 4.69) is 59.4 Å². The number of hydrogen-bond donors (Lipinski definition) is 1. The maximum atomic E-state index is 5.83. The fourth-order valence-corrected chi connectivity index (χ4v) is 2.58. The first kappa shape index (κ1) is 13.4. The average molecular weight is 308 g/mol. The molecule has 1 N–H and O–H groups in total. The second kappa shape index (κ2) is 5.29. The van der Waals surface area contributed by atoms with Crippen molar-refractivity contribution in [2.45, 2.75) is 26.8 Å². The van der Waals surface area contributed by atoms with Crippen LogP contribution in [0.5, 0.6) is 0 Å². The highest BCUT2D eigenvalue weighted by Crippen LogP contribution is 2.32. The van der Waals surface area contributed by atoms with Crippen LogP contribution in [-0.4, -0.2) is 7.05 Å². The quantitative estimate of drug-likeness (QED) is 0.915. The average Bonchev–Trinajstić information content (AvgIpc) is 2.66. The molecule has 0 fully saturated rings. The van der Waals surface area contributed by atoms with Crippen molar-refractivity contribution in [1.29, 1.82) is 0 Å². The third-order valence-corrected chi connectivity index (χ3v) is 4.37. The van der Waals surface area contributed by atoms with Gasteiger partial charge in [0, 0.05) is 4.47 Å². The molecule has 0 saturated heterocycles. The van der Waals surface area contributed by atoms with E-state index in [1.807, 2.05) is 14.0 Å². The molecule has 18 heavy (non-hydrogen) atoms. The largest absolute Gasteiger partial charge is 0.464 e. The van der Waals surface area contributed by atoms with E-state index in [9.17, 15) is 0 Å². The Morgan fingerprint density at radius 1 is 1.17 bits per heavy atom. The van der Waals surface area contributed by atoms with Crippen LogP contribution in [0.3, 0.4) is 0 Å². The van der Waals surface area contributed by atoms with Crippen molar-refractivity contribution in [3.05, 3.63) is 56.9 Å². The predicted octanol–water partition coefficient (Wildman–Crippen LogP) is 4.28. The number of furan rings is 1. The predicted molar refractivity (Wildman–Crippen MR) is 78.0 cm³/mol. The van der Waals surface area contributed by atoms with E-state index in [-0.39, 0.29) is 6.04 Å². The lowest BCUT2D eigenvalue weighted by atomic mass is 10.0. The summed E-state index contributed by atoms with van der Waals surface area (Å²) in [5, 5.41) is 3.32. The minimum atomic E-state index is 0.0756. The van der Waals surface area contributed by atoms with Crippen LogP contribution >= 0.6 is 15.9 Å². The summed E-state index contributed by atoms with van der Waals surface area (Å²) in [5.41, 5.74) is 3.62. The van der Waals surface area contributed by atoms with E-state index in [0.29, 0.717) is 0 Å². The third kappa shape index (κ3) is 2.38. The molecule has 2 rings (SSSR count). The molecule has 0 spiro atoms. The van der Waals surface area contributed by atoms with Crippen LogP contribution in [-0.2, 0) is 0 Å². The lowest BCUT2D eigenvalue weighted by Crippen LogP contribution is -2.17. The van der Waals surface area contributed by atoms with Crippen molar-refractivity contribution in [2.24, 2.45) is 0 Å². The molecule has 1 atom stereocenters. The molecule has 1 aromatic carbocycles. The Bertz CT molecular complexity index is 540. The summed E-state index contributed by atoms with van der Waals surface area (Å²) in [5.74, 6) is 1.94. The summed E-state index contributed by atoms with van der Waals surface area (Å²) in [6, 6.07) is 8.46. The molecule has 0 radical (unpaired) electrons. The number of halogens is 1. The molecule has 1 heterocycles. The fraction of sp³-hybridized carbons (Fsp3) is 0.333. The number of rotatable bonds is 3. The molecule has 2 nitrogen and oxygen atoms in total. The van der Waals surface area contributed by atoms with Crippen LogP contribution in [0.25, 0.3) is 0 Å². The molecule has 1 aromatic heterocycles. The Kier molecular flexibility index (Phi) is 3.93. The van der Waals surface area contributed by atoms with E-state index < -0.39 is 0 Å². The minimum Gasteiger partial charge on any atom is -0.464 e. The van der Waals surface area contributed by atoms with E-state index in [4.69, 9.17) is 4.42 Å². The van der Waals surface area contributed by atoms with Gasteiger partial charge in [0.25, 0.3) is 0 Å². The fourth-order valence-electron chi connectivity index (χ4n) is 2.09. The van der Waals surface area contributed by atoms with Crippen molar-refractivity contribution in [2.75, 3.05) is 7.05 Å². The van der Waals surface area contributed by atoms with Gasteiger partial charge in [0.05, 0.1) is 6.04 Å². The second-order valence-corrected chi connectivity index (χ2v) is 5.38. The highest BCUT2D eigenvalue weighted by Gasteiger charge is 2.19. The van der Waals surface area contributed by atoms with Crippen LogP contribution in [0.15, 0.2) is 33.2 Å². The molecule has 0 aliphatic heterocycles. The zero-order valence-electron chi connectivity index (χ0n) is 11.2. The molecule has 0 amide bonds. The van der Waals surface area contributed by atoms with E-state index in [0.717, 1.165) is 16.0 Å². The van der Waals surface area contributed by atoms with Crippen LogP contribution < -0.4 is 5.32 Å². The zero-order chi connectivity index (χ0) is 13.3. The molecular weight excluding hydrogens is 290 g/mol. The van der Waals surface area contributed by atoms with Gasteiger partial charge in [-0.15, -0.1) is 0 Å². The van der Waals surface area contributed by atoms with Gasteiger partial charge in [-0.1, -0.05) is 34.1 Å². The van der Waals surface area contributed by atoms with Crippen molar-refractivity contribution in [1.82, 2.24) is 5.32 Å². The first-order valence-corrected chi connectivity index (χ1v) is 6.83. The summed E-state index contributed by atoms with van der Waals surface area (Å²) < 4.78 is 6.97. The van der Waals surface area contributed by atoms with Gasteiger partial charge < -0.3 is 9.73 Å². The van der Waals surface area contributed by atoms with Gasteiger partial charge >= 0.3 is 0 Å². The highest BCUT2D eigenvalue weighted by molar-refractivity contribution is 9.10. The standard InChI is InChI=1S/C15H18BrNO/c1-9-6-5-7-12(14(9)16)15(17-4)13-8-10(2)11(3)18-13/h5-8,15,17H,1-4H3. The van der Waals surface area contributed by atoms with Gasteiger partial charge in [-0.05, 0) is 50.6 Å². The van der Waals surface area contributed by atoms with Gasteiger partial charge in [-0.3, -0.25) is 0 Å². The van der Waals surface area contributed by atoms with Crippen LogP contribution in [0.2, 0.25) is 0 Å². The lowest BCUT2D eigenvalue weighted by Gasteiger charge is -2.17. The Morgan fingerprint density at radius 2 is 1.89 bits per heavy atom. The van der Waals surface area contributed by atoms with Crippen molar-refractivity contribution in [3.8, 4) is 0 Å². The summed E-state index contributed by atoms with van der Waals surface area (Å²) >= 11 is 3.66. The Hall–Kier alpha value is -1.06. The van der Waals surface area contributed by atoms with E-state index in [1.165, 1.54) is 16.7 Å². The minimum absolute atomic E-state index is 0.0756. The number of benzene rings is 1. The molecule has 0 aliphatic carbocycles. The van der Waals surface area contributed by atoms with Gasteiger partial charge in [0.15, 0.2) is 0 Å². The topological polar surface area (TPSA) is 25.2 Å². The smallest absolute Gasteiger partial charge is 0.125 e. The zero-order valence-corrected chi connectivity index (χ0v) is 12.8. The second-order valence-electron chi connectivity index (χ2n) is 4.59. The Labute approximate surface area is 117 Å². The summed E-state index contributed by atoms with van der Waals surface area (Å²) in [6.45, 7) is 6.16. The van der Waals surface area contributed by atoms with Crippen molar-refractivity contribution >= 4 is 15.9 Å². The number of hydrogen-bond acceptors (Lipinski definition) is 2. The van der Waals surface area contributed by atoms with E-state index >= 15 is 0 Å². The van der Waals surface area contributed by atoms with E-state index in [1.54, 1.807) is 0 Å². The van der Waals surface area contributed by atoms with Crippen LogP contribution in [0.4, 0.5) is 0 Å². The third-order valence-electron chi connectivity index (χ3n) is 3.29. The SMILES string of the molecule is CNC(c1cc(C)c(C)o1)c1cccc(C)c1Br. The summed E-state index contributed by atoms with van der Waals surface area (Å²) in [4.78, 5) is 0. The first-order chi connectivity index (χ1) is 8.54. The maximum Gasteiger partial charge on any atom is 0.125 e. The monoisotopic (exact) mass is 307 g/mol. The number of aryl methyl sites for hydroxylation is 3. The molecule has 0 bridgehead atoms. The van der Waals surface area contributed by atoms with Gasteiger partial charge in [0.2, 0.25) is 0 Å². The van der Waals surface area contributed by atoms with Crippen LogP contribution in [0.1, 0.15) is 34.3 Å². The van der Waals surface area contributed by atoms with Crippen LogP contribution in [0, 0.1) is 20.8 Å². The van der Waals surface area contributed by atoms with Gasteiger partial charge in [-0.2, -0.15) is 0 Å². The molecule has 96 valence electrons. The Morgan fingerprint density at radius 3 is 2.44 bits per heavy atom. The van der Waals surface area contributed by atoms with Gasteiger partial charge in [0.1, 0.15) is 11.5 Å². The molecule has 3 heteroatoms. The molecule has 1 unspecified atom stereocenters. The highest BCUT2D eigenvalue weighted by atomic mass is 79.9. The van der Waals surface area contributed by atoms with Crippen molar-refractivity contribution in [3.63, 3.8) is 0 Å². The molecule has 0 aliphatic rings. The van der Waals surface area contributed by atoms with Crippen molar-refractivity contribution < 1.29 is 4.42 Å². The molecular formula is C15H18BrNO. The van der Waals surface area contributed by atoms with Gasteiger partial charge in [-0.25, -0.2) is 0 Å². The lowest BCUT2D eigenvalue weighted by molar-refractivity contribution is 0.442. The maximum absolute atomic E-state index is 5.83. The Balaban J connectivity index is 2.48. The normalized spacial score (nSPS) is 12.7. The molecule has 0 saturated carbocycles. The molecule has 2 aromatic rings. The summed E-state index contributed by atoms with van der Waals surface area (Å²) in [6.07, 6.45) is 0. The first-order valence-electron chi connectivity index (χ1n) is 6.03. The summed E-state index contributed by atoms with van der Waals surface area (Å²) in [7, 11) is 1.95.